The predicted octanol–water partition coefficient (Wildman–Crippen LogP) is 3.14. The number of nitrogens with zero attached hydrogens (tertiary/aromatic N) is 1. The van der Waals surface area contributed by atoms with E-state index in [4.69, 9.17) is 4.74 Å². The SMILES string of the molecule is COC(=O)N1C(=O)[C@H]2[C@H](CC=C3[C@H](C=Cc4ccc(O)c(OC)c4)C4=C(C[C@H]32)C(=O)C=C(C)C4=O)C1=O. The van der Waals surface area contributed by atoms with Crippen LogP contribution in [0.3, 0.4) is 0 Å². The number of benzene rings is 1. The monoisotopic (exact) mass is 503 g/mol. The van der Waals surface area contributed by atoms with Crippen molar-refractivity contribution in [1.82, 2.24) is 4.90 Å². The molecule has 190 valence electrons. The second kappa shape index (κ2) is 8.99. The van der Waals surface area contributed by atoms with Gasteiger partial charge in [0.05, 0.1) is 26.1 Å². The molecule has 1 N–H and O–H groups in total. The number of likely N-dealkylation sites (tertiary alicyclic amines) is 1. The number of hydrogen-bond acceptors (Lipinski definition) is 8. The highest BCUT2D eigenvalue weighted by Crippen LogP contribution is 2.52. The van der Waals surface area contributed by atoms with Gasteiger partial charge in [0.15, 0.2) is 23.1 Å². The van der Waals surface area contributed by atoms with Crippen LogP contribution in [-0.4, -0.2) is 53.7 Å². The van der Waals surface area contributed by atoms with Crippen LogP contribution in [0.5, 0.6) is 11.5 Å². The molecule has 0 unspecified atom stereocenters. The lowest BCUT2D eigenvalue weighted by atomic mass is 9.60. The van der Waals surface area contributed by atoms with Gasteiger partial charge >= 0.3 is 6.09 Å². The standard InChI is InChI=1S/C28H25NO8/c1-13-10-21(31)19-12-18-15(7-8-17-24(18)27(34)29(26(17)33)28(35)37-3)16(23(19)25(13)32)6-4-14-5-9-20(30)22(11-14)36-2/h4-7,9-11,16-18,24,30H,8,12H2,1-3H3/t16-,17-,18+,24-/m0/s1. The van der Waals surface area contributed by atoms with Crippen molar-refractivity contribution in [3.63, 3.8) is 0 Å². The highest BCUT2D eigenvalue weighted by molar-refractivity contribution is 6.23. The van der Waals surface area contributed by atoms with Gasteiger partial charge in [0.25, 0.3) is 0 Å². The summed E-state index contributed by atoms with van der Waals surface area (Å²) in [6.45, 7) is 1.60. The first kappa shape index (κ1) is 24.4. The summed E-state index contributed by atoms with van der Waals surface area (Å²) in [7, 11) is 2.54. The minimum absolute atomic E-state index is 0.0169. The maximum absolute atomic E-state index is 13.3. The fourth-order valence-corrected chi connectivity index (χ4v) is 5.91. The van der Waals surface area contributed by atoms with Gasteiger partial charge in [-0.1, -0.05) is 29.9 Å². The van der Waals surface area contributed by atoms with Gasteiger partial charge in [-0.05, 0) is 49.5 Å². The molecule has 0 aromatic heterocycles. The Labute approximate surface area is 212 Å². The summed E-state index contributed by atoms with van der Waals surface area (Å²) in [4.78, 5) is 65.3. The number of amides is 3. The first-order valence-electron chi connectivity index (χ1n) is 11.9. The molecule has 0 spiro atoms. The number of aromatic hydroxyl groups is 1. The number of imide groups is 3. The van der Waals surface area contributed by atoms with Crippen LogP contribution >= 0.6 is 0 Å². The van der Waals surface area contributed by atoms with E-state index in [1.807, 2.05) is 6.08 Å². The van der Waals surface area contributed by atoms with E-state index in [9.17, 15) is 29.1 Å². The number of hydrogen-bond donors (Lipinski definition) is 1. The zero-order valence-corrected chi connectivity index (χ0v) is 20.5. The number of fused-ring (bicyclic) bond motifs is 3. The van der Waals surface area contributed by atoms with Crippen LogP contribution in [0.2, 0.25) is 0 Å². The second-order valence-electron chi connectivity index (χ2n) is 9.55. The molecular weight excluding hydrogens is 478 g/mol. The quantitative estimate of drug-likeness (QED) is 0.379. The molecular formula is C28H25NO8. The highest BCUT2D eigenvalue weighted by Gasteiger charge is 2.57. The van der Waals surface area contributed by atoms with Crippen molar-refractivity contribution in [3.05, 3.63) is 64.3 Å². The van der Waals surface area contributed by atoms with Crippen molar-refractivity contribution in [3.8, 4) is 11.5 Å². The van der Waals surface area contributed by atoms with E-state index < -0.39 is 41.6 Å². The van der Waals surface area contributed by atoms with Gasteiger partial charge in [-0.2, -0.15) is 4.90 Å². The summed E-state index contributed by atoms with van der Waals surface area (Å²) in [6, 6.07) is 4.81. The molecule has 1 saturated heterocycles. The number of carbonyl (C=O) groups is 5. The third-order valence-electron chi connectivity index (χ3n) is 7.65. The van der Waals surface area contributed by atoms with Crippen molar-refractivity contribution in [2.45, 2.75) is 19.8 Å². The fraction of sp³-hybridized carbons (Fsp3) is 0.321. The third kappa shape index (κ3) is 3.73. The topological polar surface area (TPSA) is 127 Å². The first-order chi connectivity index (χ1) is 17.7. The Morgan fingerprint density at radius 2 is 1.86 bits per heavy atom. The largest absolute Gasteiger partial charge is 0.504 e. The minimum Gasteiger partial charge on any atom is -0.504 e. The molecule has 1 heterocycles. The Bertz CT molecular complexity index is 1390. The number of phenolic OH excluding ortho intramolecular Hbond substituents is 1. The van der Waals surface area contributed by atoms with E-state index in [1.165, 1.54) is 19.3 Å². The predicted molar refractivity (Wildman–Crippen MR) is 130 cm³/mol. The van der Waals surface area contributed by atoms with Crippen LogP contribution in [0.1, 0.15) is 25.3 Å². The molecule has 1 aromatic carbocycles. The van der Waals surface area contributed by atoms with Crippen molar-refractivity contribution < 1.29 is 38.6 Å². The van der Waals surface area contributed by atoms with Crippen LogP contribution in [0.15, 0.2) is 58.7 Å². The number of ketones is 2. The molecule has 3 amide bonds. The molecule has 5 rings (SSSR count). The molecule has 0 radical (unpaired) electrons. The minimum atomic E-state index is -1.03. The van der Waals surface area contributed by atoms with Crippen molar-refractivity contribution in [2.75, 3.05) is 14.2 Å². The summed E-state index contributed by atoms with van der Waals surface area (Å²) in [6.07, 6.45) is 6.06. The molecule has 1 aliphatic heterocycles. The van der Waals surface area contributed by atoms with Crippen molar-refractivity contribution in [2.24, 2.45) is 23.7 Å². The van der Waals surface area contributed by atoms with E-state index >= 15 is 0 Å². The molecule has 4 atom stereocenters. The number of ether oxygens (including phenoxy) is 2. The Morgan fingerprint density at radius 1 is 1.11 bits per heavy atom. The van der Waals surface area contributed by atoms with Gasteiger partial charge < -0.3 is 14.6 Å². The lowest BCUT2D eigenvalue weighted by Crippen LogP contribution is -2.40. The average Bonchev–Trinajstić information content (AvgIpc) is 3.15. The maximum Gasteiger partial charge on any atom is 0.423 e. The van der Waals surface area contributed by atoms with Gasteiger partial charge in [0.2, 0.25) is 11.8 Å². The normalized spacial score (nSPS) is 27.1. The number of allylic oxidation sites excluding steroid dienone is 7. The molecule has 0 saturated carbocycles. The van der Waals surface area contributed by atoms with Crippen molar-refractivity contribution in [1.29, 1.82) is 0 Å². The zero-order valence-electron chi connectivity index (χ0n) is 20.5. The summed E-state index contributed by atoms with van der Waals surface area (Å²) in [5.41, 5.74) is 2.50. The Morgan fingerprint density at radius 3 is 2.57 bits per heavy atom. The molecule has 1 aromatic rings. The van der Waals surface area contributed by atoms with E-state index in [2.05, 4.69) is 4.74 Å². The summed E-state index contributed by atoms with van der Waals surface area (Å²) in [5.74, 6) is -4.23. The van der Waals surface area contributed by atoms with Gasteiger partial charge in [-0.15, -0.1) is 0 Å². The Balaban J connectivity index is 1.60. The van der Waals surface area contributed by atoms with E-state index in [-0.39, 0.29) is 35.9 Å². The van der Waals surface area contributed by atoms with Crippen LogP contribution in [0.4, 0.5) is 4.79 Å². The molecule has 9 heteroatoms. The maximum atomic E-state index is 13.3. The van der Waals surface area contributed by atoms with Gasteiger partial charge in [-0.25, -0.2) is 4.79 Å². The average molecular weight is 504 g/mol. The van der Waals surface area contributed by atoms with Crippen LogP contribution < -0.4 is 4.74 Å². The van der Waals surface area contributed by atoms with E-state index in [0.29, 0.717) is 27.2 Å². The lowest BCUT2D eigenvalue weighted by Gasteiger charge is -2.41. The van der Waals surface area contributed by atoms with Gasteiger partial charge in [0, 0.05) is 22.6 Å². The lowest BCUT2D eigenvalue weighted by molar-refractivity contribution is -0.137. The number of methoxy groups -OCH3 is 2. The first-order valence-corrected chi connectivity index (χ1v) is 11.9. The third-order valence-corrected chi connectivity index (χ3v) is 7.65. The Kier molecular flexibility index (Phi) is 5.94. The molecule has 0 bridgehead atoms. The highest BCUT2D eigenvalue weighted by atomic mass is 16.5. The summed E-state index contributed by atoms with van der Waals surface area (Å²) < 4.78 is 9.83. The van der Waals surface area contributed by atoms with Crippen LogP contribution in [0.25, 0.3) is 6.08 Å². The second-order valence-corrected chi connectivity index (χ2v) is 9.55. The number of rotatable bonds is 3. The zero-order chi connectivity index (χ0) is 26.6. The Hall–Kier alpha value is -4.27. The van der Waals surface area contributed by atoms with Crippen LogP contribution in [-0.2, 0) is 23.9 Å². The number of carbonyl (C=O) groups excluding carboxylic acids is 5. The molecule has 1 fully saturated rings. The fourth-order valence-electron chi connectivity index (χ4n) is 5.91. The van der Waals surface area contributed by atoms with E-state index in [1.54, 1.807) is 31.2 Å². The molecule has 4 aliphatic rings. The molecule has 3 aliphatic carbocycles. The van der Waals surface area contributed by atoms with Crippen LogP contribution in [0, 0.1) is 23.7 Å². The van der Waals surface area contributed by atoms with E-state index in [0.717, 1.165) is 12.7 Å². The van der Waals surface area contributed by atoms with Crippen molar-refractivity contribution >= 4 is 35.6 Å². The summed E-state index contributed by atoms with van der Waals surface area (Å²) in [5, 5.41) is 9.91. The van der Waals surface area contributed by atoms with Gasteiger partial charge in [-0.3, -0.25) is 19.2 Å². The smallest absolute Gasteiger partial charge is 0.423 e. The molecule has 9 nitrogen and oxygen atoms in total. The molecule has 37 heavy (non-hydrogen) atoms. The van der Waals surface area contributed by atoms with Gasteiger partial charge in [0.1, 0.15) is 0 Å². The number of Topliss-reactive ketones (excluding diaryl/α,β-unsaturated/α-hetero) is 1. The number of phenols is 1. The summed E-state index contributed by atoms with van der Waals surface area (Å²) >= 11 is 0.